The Morgan fingerprint density at radius 2 is 1.04 bits per heavy atom. The third-order valence-electron chi connectivity index (χ3n) is 9.69. The minimum absolute atomic E-state index is 0.562. The molecule has 8 fully saturated rings. The van der Waals surface area contributed by atoms with Gasteiger partial charge in [0.15, 0.2) is 0 Å². The molecule has 138 valence electrons. The van der Waals surface area contributed by atoms with Gasteiger partial charge in [-0.05, 0) is 123 Å². The van der Waals surface area contributed by atoms with Crippen LogP contribution in [0.15, 0.2) is 24.3 Å². The van der Waals surface area contributed by atoms with Crippen LogP contribution in [0.3, 0.4) is 0 Å². The van der Waals surface area contributed by atoms with E-state index in [2.05, 4.69) is 29.2 Å². The summed E-state index contributed by atoms with van der Waals surface area (Å²) in [6, 6.07) is 11.9. The van der Waals surface area contributed by atoms with Crippen LogP contribution < -0.4 is 4.90 Å². The van der Waals surface area contributed by atoms with Crippen molar-refractivity contribution >= 4 is 5.69 Å². The van der Waals surface area contributed by atoms with Crippen LogP contribution in [0.4, 0.5) is 5.69 Å². The number of nitrogens with zero attached hydrogens (tertiary/aromatic N) is 1. The van der Waals surface area contributed by atoms with Crippen molar-refractivity contribution in [3.8, 4) is 0 Å². The quantitative estimate of drug-likeness (QED) is 0.641. The third kappa shape index (κ3) is 2.04. The lowest BCUT2D eigenvalue weighted by Crippen LogP contribution is -2.58. The van der Waals surface area contributed by atoms with Crippen molar-refractivity contribution in [2.24, 2.45) is 29.6 Å². The van der Waals surface area contributed by atoms with Gasteiger partial charge in [-0.15, -0.1) is 0 Å². The van der Waals surface area contributed by atoms with Gasteiger partial charge in [-0.25, -0.2) is 0 Å². The zero-order valence-electron chi connectivity index (χ0n) is 16.1. The maximum atomic E-state index is 2.86. The van der Waals surface area contributed by atoms with Gasteiger partial charge < -0.3 is 4.90 Å². The largest absolute Gasteiger partial charge is 0.366 e. The number of anilines is 1. The van der Waals surface area contributed by atoms with Crippen LogP contribution in [0.1, 0.15) is 76.2 Å². The minimum Gasteiger partial charge on any atom is -0.366 e. The van der Waals surface area contributed by atoms with Gasteiger partial charge in [0, 0.05) is 17.8 Å². The number of piperidine rings is 2. The zero-order chi connectivity index (χ0) is 16.9. The lowest BCUT2D eigenvalue weighted by molar-refractivity contribution is -0.00518. The van der Waals surface area contributed by atoms with Crippen molar-refractivity contribution in [2.75, 3.05) is 4.90 Å². The van der Waals surface area contributed by atoms with Crippen molar-refractivity contribution in [2.45, 2.75) is 88.1 Å². The summed E-state index contributed by atoms with van der Waals surface area (Å²) in [5, 5.41) is 0. The Balaban J connectivity index is 1.19. The number of rotatable bonds is 2. The van der Waals surface area contributed by atoms with Gasteiger partial charge in [-0.2, -0.15) is 0 Å². The Labute approximate surface area is 158 Å². The number of hydrogen-bond donors (Lipinski definition) is 0. The topological polar surface area (TPSA) is 3.24 Å². The van der Waals surface area contributed by atoms with Crippen LogP contribution in [0.25, 0.3) is 0 Å². The van der Waals surface area contributed by atoms with Crippen molar-refractivity contribution < 1.29 is 0 Å². The molecule has 0 amide bonds. The van der Waals surface area contributed by atoms with Crippen molar-refractivity contribution in [1.29, 1.82) is 0 Å². The zero-order valence-corrected chi connectivity index (χ0v) is 16.1. The van der Waals surface area contributed by atoms with Crippen LogP contribution in [0.2, 0.25) is 0 Å². The fourth-order valence-electron chi connectivity index (χ4n) is 9.41. The molecule has 8 aliphatic rings. The molecular weight excluding hydrogens is 314 g/mol. The highest BCUT2D eigenvalue weighted by molar-refractivity contribution is 5.52. The molecule has 0 aromatic heterocycles. The van der Waals surface area contributed by atoms with Crippen LogP contribution in [-0.2, 0) is 5.41 Å². The van der Waals surface area contributed by atoms with Crippen LogP contribution in [-0.4, -0.2) is 12.1 Å². The molecule has 0 spiro atoms. The molecule has 0 N–H and O–H groups in total. The first kappa shape index (κ1) is 15.0. The van der Waals surface area contributed by atoms with Crippen molar-refractivity contribution in [1.82, 2.24) is 0 Å². The molecule has 6 saturated carbocycles. The smallest absolute Gasteiger partial charge is 0.0371 e. The second-order valence-electron chi connectivity index (χ2n) is 11.4. The summed E-state index contributed by atoms with van der Waals surface area (Å²) in [5.74, 6) is 5.26. The summed E-state index contributed by atoms with van der Waals surface area (Å²) in [6.07, 6.45) is 16.6. The maximum Gasteiger partial charge on any atom is 0.0371 e. The van der Waals surface area contributed by atoms with E-state index >= 15 is 0 Å². The molecular formula is C25H33N. The van der Waals surface area contributed by atoms with Gasteiger partial charge in [0.25, 0.3) is 0 Å². The highest BCUT2D eigenvalue weighted by Crippen LogP contribution is 2.61. The molecule has 0 radical (unpaired) electrons. The molecule has 1 aromatic rings. The normalized spacial score (nSPS) is 50.6. The van der Waals surface area contributed by atoms with E-state index in [9.17, 15) is 0 Å². The molecule has 1 heteroatoms. The van der Waals surface area contributed by atoms with Gasteiger partial charge in [0.1, 0.15) is 0 Å². The minimum atomic E-state index is 0.562. The van der Waals surface area contributed by atoms with E-state index in [4.69, 9.17) is 0 Å². The Bertz CT molecular complexity index is 653. The van der Waals surface area contributed by atoms with Gasteiger partial charge in [-0.1, -0.05) is 12.1 Å². The lowest BCUT2D eigenvalue weighted by Gasteiger charge is -2.58. The second-order valence-corrected chi connectivity index (χ2v) is 11.4. The van der Waals surface area contributed by atoms with Gasteiger partial charge in [-0.3, -0.25) is 0 Å². The number of benzene rings is 1. The predicted octanol–water partition coefficient (Wildman–Crippen LogP) is 5.92. The number of hydrogen-bond acceptors (Lipinski definition) is 1. The molecule has 9 rings (SSSR count). The van der Waals surface area contributed by atoms with E-state index in [0.717, 1.165) is 41.7 Å². The van der Waals surface area contributed by atoms with Crippen molar-refractivity contribution in [3.63, 3.8) is 0 Å². The van der Waals surface area contributed by atoms with E-state index in [1.165, 1.54) is 44.9 Å². The first-order chi connectivity index (χ1) is 12.7. The summed E-state index contributed by atoms with van der Waals surface area (Å²) in [7, 11) is 0. The third-order valence-corrected chi connectivity index (χ3v) is 9.69. The highest BCUT2D eigenvalue weighted by Gasteiger charge is 2.52. The van der Waals surface area contributed by atoms with Gasteiger partial charge in [0.2, 0.25) is 0 Å². The molecule has 1 aromatic carbocycles. The summed E-state index contributed by atoms with van der Waals surface area (Å²) in [4.78, 5) is 2.86. The monoisotopic (exact) mass is 347 g/mol. The molecule has 0 unspecified atom stereocenters. The summed E-state index contributed by atoms with van der Waals surface area (Å²) in [6.45, 7) is 0. The highest BCUT2D eigenvalue weighted by atomic mass is 15.2. The maximum absolute atomic E-state index is 2.86. The van der Waals surface area contributed by atoms with E-state index in [1.54, 1.807) is 36.9 Å². The average Bonchev–Trinajstić information content (AvgIpc) is 2.60. The fraction of sp³-hybridized carbons (Fsp3) is 0.760. The van der Waals surface area contributed by atoms with E-state index in [1.807, 2.05) is 0 Å². The van der Waals surface area contributed by atoms with Crippen molar-refractivity contribution in [3.05, 3.63) is 29.8 Å². The van der Waals surface area contributed by atoms with E-state index in [0.29, 0.717) is 5.41 Å². The van der Waals surface area contributed by atoms with Crippen LogP contribution >= 0.6 is 0 Å². The Morgan fingerprint density at radius 3 is 1.54 bits per heavy atom. The lowest BCUT2D eigenvalue weighted by atomic mass is 9.48. The standard InChI is InChI=1S/C25H33N/c1-3-22(26-23-9-16-5-17(11-23)12-24(26)10-16)4-2-21(1)25-13-18-6-19(14-25)8-20(7-18)15-25/h1-4,16-20,23-24H,5-15H2. The molecule has 1 nitrogen and oxygen atoms in total. The molecule has 2 saturated heterocycles. The average molecular weight is 348 g/mol. The summed E-state index contributed by atoms with van der Waals surface area (Å²) in [5.41, 5.74) is 3.81. The first-order valence-corrected chi connectivity index (χ1v) is 11.6. The SMILES string of the molecule is c1cc(C23CC4CC(CC(C4)C2)C3)ccc1N1C2CC3CC(C2)CC1C3. The Hall–Kier alpha value is -0.980. The first-order valence-electron chi connectivity index (χ1n) is 11.6. The summed E-state index contributed by atoms with van der Waals surface area (Å²) >= 11 is 0. The molecule has 0 atom stereocenters. The van der Waals surface area contributed by atoms with E-state index < -0.39 is 0 Å². The molecule has 26 heavy (non-hydrogen) atoms. The summed E-state index contributed by atoms with van der Waals surface area (Å²) < 4.78 is 0. The Kier molecular flexibility index (Phi) is 2.94. The molecule has 8 bridgehead atoms. The van der Waals surface area contributed by atoms with E-state index in [-0.39, 0.29) is 0 Å². The predicted molar refractivity (Wildman–Crippen MR) is 106 cm³/mol. The van der Waals surface area contributed by atoms with Gasteiger partial charge in [0.05, 0.1) is 0 Å². The van der Waals surface area contributed by atoms with Gasteiger partial charge >= 0.3 is 0 Å². The van der Waals surface area contributed by atoms with Crippen LogP contribution in [0.5, 0.6) is 0 Å². The Morgan fingerprint density at radius 1 is 0.577 bits per heavy atom. The fourth-order valence-corrected chi connectivity index (χ4v) is 9.41. The molecule has 6 aliphatic carbocycles. The van der Waals surface area contributed by atoms with Crippen LogP contribution in [0, 0.1) is 29.6 Å². The second kappa shape index (κ2) is 5.09. The molecule has 2 heterocycles. The molecule has 2 aliphatic heterocycles.